The minimum absolute atomic E-state index is 0.177. The molecule has 10 heteroatoms. The zero-order valence-corrected chi connectivity index (χ0v) is 19.4. The molecule has 0 bridgehead atoms. The summed E-state index contributed by atoms with van der Waals surface area (Å²) in [5, 5.41) is 3.33. The molecule has 1 saturated heterocycles. The summed E-state index contributed by atoms with van der Waals surface area (Å²) in [6.45, 7) is 5.36. The number of thiocarbonyl (C=S) groups is 1. The number of rotatable bonds is 4. The Morgan fingerprint density at radius 2 is 1.90 bits per heavy atom. The highest BCUT2D eigenvalue weighted by molar-refractivity contribution is 8.26. The summed E-state index contributed by atoms with van der Waals surface area (Å²) in [5.74, 6) is 0.245. The molecule has 3 heterocycles. The Kier molecular flexibility index (Phi) is 5.50. The standard InChI is InChI=1S/C21H19N3O4S3/c1-21(2,3)24-31(26,27)15-6-4-12(5-7-15)16-11-22-10-13-8-14(28-18(13)16)9-17-19(25)23-20(29)30-17/h4-11,24H,1-3H3,(H,23,25,29)/b17-9+. The number of hydrogen-bond donors (Lipinski definition) is 2. The normalized spacial score (nSPS) is 16.3. The van der Waals surface area contributed by atoms with Gasteiger partial charge >= 0.3 is 0 Å². The molecule has 0 saturated carbocycles. The molecule has 0 unspecified atom stereocenters. The zero-order chi connectivity index (χ0) is 22.4. The van der Waals surface area contributed by atoms with Crippen LogP contribution < -0.4 is 10.0 Å². The maximum absolute atomic E-state index is 12.5. The minimum Gasteiger partial charge on any atom is -0.456 e. The molecule has 4 rings (SSSR count). The number of nitrogens with zero attached hydrogens (tertiary/aromatic N) is 1. The van der Waals surface area contributed by atoms with Crippen molar-refractivity contribution in [1.82, 2.24) is 15.0 Å². The van der Waals surface area contributed by atoms with Crippen LogP contribution in [0.3, 0.4) is 0 Å². The van der Waals surface area contributed by atoms with Gasteiger partial charge in [-0.1, -0.05) is 36.1 Å². The molecule has 1 amide bonds. The van der Waals surface area contributed by atoms with Crippen LogP contribution in [0, 0.1) is 0 Å². The van der Waals surface area contributed by atoms with Gasteiger partial charge in [-0.25, -0.2) is 13.1 Å². The van der Waals surface area contributed by atoms with E-state index in [-0.39, 0.29) is 10.8 Å². The van der Waals surface area contributed by atoms with Crippen LogP contribution in [0.2, 0.25) is 0 Å². The van der Waals surface area contributed by atoms with E-state index in [1.165, 1.54) is 11.8 Å². The predicted octanol–water partition coefficient (Wildman–Crippen LogP) is 4.06. The van der Waals surface area contributed by atoms with Gasteiger partial charge in [0.05, 0.1) is 9.80 Å². The van der Waals surface area contributed by atoms with E-state index in [2.05, 4.69) is 15.0 Å². The number of hydrogen-bond acceptors (Lipinski definition) is 7. The number of pyridine rings is 1. The summed E-state index contributed by atoms with van der Waals surface area (Å²) in [7, 11) is -3.63. The number of benzene rings is 1. The van der Waals surface area contributed by atoms with Gasteiger partial charge in [-0.2, -0.15) is 0 Å². The van der Waals surface area contributed by atoms with E-state index in [0.717, 1.165) is 10.9 Å². The number of nitrogens with one attached hydrogen (secondary N) is 2. The molecule has 3 aromatic rings. The van der Waals surface area contributed by atoms with Gasteiger partial charge in [-0.15, -0.1) is 0 Å². The van der Waals surface area contributed by atoms with Gasteiger partial charge in [0.2, 0.25) is 10.0 Å². The molecule has 160 valence electrons. The lowest BCUT2D eigenvalue weighted by atomic mass is 10.1. The van der Waals surface area contributed by atoms with E-state index in [9.17, 15) is 13.2 Å². The van der Waals surface area contributed by atoms with Crippen LogP contribution in [0.25, 0.3) is 28.2 Å². The van der Waals surface area contributed by atoms with Crippen LogP contribution in [0.4, 0.5) is 0 Å². The molecule has 31 heavy (non-hydrogen) atoms. The zero-order valence-electron chi connectivity index (χ0n) is 16.9. The highest BCUT2D eigenvalue weighted by Crippen LogP contribution is 2.33. The highest BCUT2D eigenvalue weighted by atomic mass is 32.2. The number of furan rings is 1. The lowest BCUT2D eigenvalue weighted by Gasteiger charge is -2.20. The monoisotopic (exact) mass is 473 g/mol. The molecule has 1 aliphatic rings. The van der Waals surface area contributed by atoms with Crippen molar-refractivity contribution < 1.29 is 17.6 Å². The third-order valence-corrected chi connectivity index (χ3v) is 7.21. The van der Waals surface area contributed by atoms with Gasteiger partial charge in [0, 0.05) is 35.0 Å². The third-order valence-electron chi connectivity index (χ3n) is 4.27. The van der Waals surface area contributed by atoms with Crippen LogP contribution in [-0.4, -0.2) is 29.2 Å². The van der Waals surface area contributed by atoms with Crippen molar-refractivity contribution in [1.29, 1.82) is 0 Å². The minimum atomic E-state index is -3.63. The lowest BCUT2D eigenvalue weighted by molar-refractivity contribution is -0.115. The summed E-state index contributed by atoms with van der Waals surface area (Å²) < 4.78 is 34.1. The maximum atomic E-state index is 12.5. The Morgan fingerprint density at radius 3 is 2.52 bits per heavy atom. The first-order valence-corrected chi connectivity index (χ1v) is 12.0. The van der Waals surface area contributed by atoms with Crippen LogP contribution in [-0.2, 0) is 14.8 Å². The van der Waals surface area contributed by atoms with Crippen LogP contribution >= 0.6 is 24.0 Å². The summed E-state index contributed by atoms with van der Waals surface area (Å²) in [6.07, 6.45) is 4.96. The molecule has 0 spiro atoms. The van der Waals surface area contributed by atoms with Crippen molar-refractivity contribution >= 4 is 61.3 Å². The van der Waals surface area contributed by atoms with Gasteiger partial charge in [0.1, 0.15) is 15.7 Å². The Morgan fingerprint density at radius 1 is 1.19 bits per heavy atom. The fraction of sp³-hybridized carbons (Fsp3) is 0.190. The van der Waals surface area contributed by atoms with Crippen molar-refractivity contribution in [3.8, 4) is 11.1 Å². The topological polar surface area (TPSA) is 101 Å². The Hall–Kier alpha value is -2.53. The number of sulfonamides is 1. The number of aromatic nitrogens is 1. The van der Waals surface area contributed by atoms with Crippen molar-refractivity contribution in [3.05, 3.63) is 53.4 Å². The molecule has 7 nitrogen and oxygen atoms in total. The SMILES string of the molecule is CC(C)(C)NS(=O)(=O)c1ccc(-c2cncc3cc(/C=C4/SC(=S)NC4=O)oc23)cc1. The van der Waals surface area contributed by atoms with Crippen LogP contribution in [0.15, 0.2) is 56.9 Å². The summed E-state index contributed by atoms with van der Waals surface area (Å²) in [4.78, 5) is 16.8. The molecule has 2 N–H and O–H groups in total. The first kappa shape index (κ1) is 21.7. The van der Waals surface area contributed by atoms with Crippen LogP contribution in [0.1, 0.15) is 26.5 Å². The second-order valence-electron chi connectivity index (χ2n) is 7.99. The van der Waals surface area contributed by atoms with Crippen molar-refractivity contribution in [2.24, 2.45) is 0 Å². The number of thioether (sulfide) groups is 1. The van der Waals surface area contributed by atoms with Gasteiger partial charge in [-0.05, 0) is 44.5 Å². The molecule has 0 radical (unpaired) electrons. The number of amides is 1. The lowest BCUT2D eigenvalue weighted by Crippen LogP contribution is -2.40. The van der Waals surface area contributed by atoms with Gasteiger partial charge in [0.25, 0.3) is 5.91 Å². The molecule has 1 fully saturated rings. The highest BCUT2D eigenvalue weighted by Gasteiger charge is 2.24. The Bertz CT molecular complexity index is 1330. The second kappa shape index (κ2) is 7.86. The second-order valence-corrected chi connectivity index (χ2v) is 11.4. The van der Waals surface area contributed by atoms with E-state index >= 15 is 0 Å². The molecule has 2 aromatic heterocycles. The largest absolute Gasteiger partial charge is 0.456 e. The quantitative estimate of drug-likeness (QED) is 0.435. The Balaban J connectivity index is 1.69. The predicted molar refractivity (Wildman–Crippen MR) is 126 cm³/mol. The molecule has 1 aromatic carbocycles. The third kappa shape index (κ3) is 4.72. The van der Waals surface area contributed by atoms with Crippen molar-refractivity contribution in [3.63, 3.8) is 0 Å². The summed E-state index contributed by atoms with van der Waals surface area (Å²) in [5.41, 5.74) is 1.49. The van der Waals surface area contributed by atoms with E-state index in [1.807, 2.05) is 0 Å². The molecule has 0 atom stereocenters. The summed E-state index contributed by atoms with van der Waals surface area (Å²) >= 11 is 6.19. The number of carbonyl (C=O) groups is 1. The van der Waals surface area contributed by atoms with Gasteiger partial charge in [0.15, 0.2) is 0 Å². The average Bonchev–Trinajstić information content (AvgIpc) is 3.21. The maximum Gasteiger partial charge on any atom is 0.263 e. The Labute approximate surface area is 189 Å². The number of carbonyl (C=O) groups excluding carboxylic acids is 1. The average molecular weight is 474 g/mol. The first-order valence-electron chi connectivity index (χ1n) is 9.29. The van der Waals surface area contributed by atoms with E-state index in [1.54, 1.807) is 69.6 Å². The molecular formula is C21H19N3O4S3. The first-order chi connectivity index (χ1) is 14.5. The fourth-order valence-corrected chi connectivity index (χ4v) is 5.53. The van der Waals surface area contributed by atoms with Gasteiger partial charge < -0.3 is 9.73 Å². The van der Waals surface area contributed by atoms with E-state index in [4.69, 9.17) is 16.6 Å². The smallest absolute Gasteiger partial charge is 0.263 e. The van der Waals surface area contributed by atoms with Crippen LogP contribution in [0.5, 0.6) is 0 Å². The fourth-order valence-electron chi connectivity index (χ4n) is 3.08. The number of fused-ring (bicyclic) bond motifs is 1. The van der Waals surface area contributed by atoms with E-state index < -0.39 is 15.6 Å². The molecule has 1 aliphatic heterocycles. The summed E-state index contributed by atoms with van der Waals surface area (Å²) in [6, 6.07) is 8.32. The molecule has 0 aliphatic carbocycles. The van der Waals surface area contributed by atoms with Crippen molar-refractivity contribution in [2.45, 2.75) is 31.2 Å². The molecular weight excluding hydrogens is 454 g/mol. The van der Waals surface area contributed by atoms with Gasteiger partial charge in [-0.3, -0.25) is 9.78 Å². The van der Waals surface area contributed by atoms with Crippen molar-refractivity contribution in [2.75, 3.05) is 0 Å². The van der Waals surface area contributed by atoms with E-state index in [0.29, 0.717) is 26.1 Å².